The third-order valence-corrected chi connectivity index (χ3v) is 4.54. The van der Waals surface area contributed by atoms with Gasteiger partial charge in [0.05, 0.1) is 6.61 Å². The van der Waals surface area contributed by atoms with Crippen molar-refractivity contribution in [3.63, 3.8) is 0 Å². The topological polar surface area (TPSA) is 9.23 Å². The average molecular weight is 355 g/mol. The Morgan fingerprint density at radius 1 is 0.640 bits per heavy atom. The Hall–Kier alpha value is -1.67. The second-order valence-electron chi connectivity index (χ2n) is 6.36. The number of thiol groups is 1. The van der Waals surface area contributed by atoms with Crippen molar-refractivity contribution >= 4 is 24.8 Å². The molecule has 2 heteroatoms. The average Bonchev–Trinajstić information content (AvgIpc) is 2.67. The molecule has 2 aromatic carbocycles. The minimum Gasteiger partial charge on any atom is -0.494 e. The molecule has 0 spiro atoms. The van der Waals surface area contributed by atoms with Crippen molar-refractivity contribution in [1.82, 2.24) is 0 Å². The Labute approximate surface area is 158 Å². The van der Waals surface area contributed by atoms with Crippen molar-refractivity contribution in [2.75, 3.05) is 12.4 Å². The summed E-state index contributed by atoms with van der Waals surface area (Å²) in [6.07, 6.45) is 13.3. The van der Waals surface area contributed by atoms with Gasteiger partial charge in [-0.25, -0.2) is 0 Å². The minimum atomic E-state index is 0.815. The predicted molar refractivity (Wildman–Crippen MR) is 113 cm³/mol. The summed E-state index contributed by atoms with van der Waals surface area (Å²) >= 11 is 4.24. The zero-order valence-electron chi connectivity index (χ0n) is 15.1. The highest BCUT2D eigenvalue weighted by Crippen LogP contribution is 2.15. The zero-order chi connectivity index (χ0) is 17.6. The largest absolute Gasteiger partial charge is 0.494 e. The maximum atomic E-state index is 5.83. The molecule has 2 rings (SSSR count). The highest BCUT2D eigenvalue weighted by Gasteiger charge is 1.95. The summed E-state index contributed by atoms with van der Waals surface area (Å²) in [6, 6.07) is 18.7. The van der Waals surface area contributed by atoms with E-state index in [1.165, 1.54) is 49.7 Å². The lowest BCUT2D eigenvalue weighted by atomic mass is 10.1. The summed E-state index contributed by atoms with van der Waals surface area (Å²) in [4.78, 5) is 0. The number of ether oxygens (including phenoxy) is 1. The Morgan fingerprint density at radius 2 is 1.20 bits per heavy atom. The van der Waals surface area contributed by atoms with E-state index in [0.29, 0.717) is 0 Å². The van der Waals surface area contributed by atoms with Crippen molar-refractivity contribution < 1.29 is 4.74 Å². The molecule has 0 saturated heterocycles. The van der Waals surface area contributed by atoms with E-state index in [1.54, 1.807) is 0 Å². The predicted octanol–water partition coefficient (Wildman–Crippen LogP) is 6.90. The molecular formula is C23H30OS. The number of unbranched alkanes of at least 4 members (excludes halogenated alkanes) is 6. The molecule has 134 valence electrons. The number of benzene rings is 2. The van der Waals surface area contributed by atoms with Gasteiger partial charge in [0.25, 0.3) is 0 Å². The van der Waals surface area contributed by atoms with E-state index in [4.69, 9.17) is 4.74 Å². The Morgan fingerprint density at radius 3 is 1.84 bits per heavy atom. The van der Waals surface area contributed by atoms with Crippen LogP contribution in [0.25, 0.3) is 12.2 Å². The first-order valence-corrected chi connectivity index (χ1v) is 10.1. The van der Waals surface area contributed by atoms with Crippen LogP contribution in [0.3, 0.4) is 0 Å². The van der Waals surface area contributed by atoms with Crippen LogP contribution >= 0.6 is 12.6 Å². The van der Waals surface area contributed by atoms with Crippen LogP contribution in [-0.4, -0.2) is 12.4 Å². The Kier molecular flexibility index (Phi) is 9.95. The smallest absolute Gasteiger partial charge is 0.119 e. The lowest BCUT2D eigenvalue weighted by molar-refractivity contribution is 0.304. The van der Waals surface area contributed by atoms with Crippen molar-refractivity contribution in [2.45, 2.75) is 44.9 Å². The normalized spacial score (nSPS) is 11.1. The highest BCUT2D eigenvalue weighted by molar-refractivity contribution is 7.80. The molecule has 2 aromatic rings. The molecule has 25 heavy (non-hydrogen) atoms. The maximum Gasteiger partial charge on any atom is 0.119 e. The molecular weight excluding hydrogens is 324 g/mol. The van der Waals surface area contributed by atoms with E-state index < -0.39 is 0 Å². The van der Waals surface area contributed by atoms with Crippen LogP contribution in [0.5, 0.6) is 5.75 Å². The van der Waals surface area contributed by atoms with Crippen molar-refractivity contribution in [3.05, 3.63) is 65.7 Å². The second-order valence-corrected chi connectivity index (χ2v) is 6.81. The minimum absolute atomic E-state index is 0.815. The van der Waals surface area contributed by atoms with E-state index in [0.717, 1.165) is 24.5 Å². The fraction of sp³-hybridized carbons (Fsp3) is 0.391. The molecule has 0 fully saturated rings. The third-order valence-electron chi connectivity index (χ3n) is 4.22. The molecule has 0 unspecified atom stereocenters. The van der Waals surface area contributed by atoms with Crippen LogP contribution in [-0.2, 0) is 0 Å². The zero-order valence-corrected chi connectivity index (χ0v) is 16.0. The highest BCUT2D eigenvalue weighted by atomic mass is 32.1. The van der Waals surface area contributed by atoms with E-state index in [9.17, 15) is 0 Å². The van der Waals surface area contributed by atoms with Gasteiger partial charge in [0.2, 0.25) is 0 Å². The molecule has 0 heterocycles. The molecule has 0 aliphatic rings. The van der Waals surface area contributed by atoms with Gasteiger partial charge in [0, 0.05) is 0 Å². The van der Waals surface area contributed by atoms with Crippen LogP contribution in [0.2, 0.25) is 0 Å². The summed E-state index contributed by atoms with van der Waals surface area (Å²) in [7, 11) is 0. The Balaban J connectivity index is 1.60. The Bertz CT molecular complexity index is 589. The fourth-order valence-corrected chi connectivity index (χ4v) is 2.94. The van der Waals surface area contributed by atoms with E-state index in [1.807, 2.05) is 6.07 Å². The molecule has 0 saturated carbocycles. The molecule has 0 atom stereocenters. The summed E-state index contributed by atoms with van der Waals surface area (Å²) in [5.41, 5.74) is 2.41. The van der Waals surface area contributed by atoms with Gasteiger partial charge in [0.1, 0.15) is 5.75 Å². The van der Waals surface area contributed by atoms with Crippen LogP contribution in [0.4, 0.5) is 0 Å². The lowest BCUT2D eigenvalue weighted by Crippen LogP contribution is -1.97. The quantitative estimate of drug-likeness (QED) is 0.248. The SMILES string of the molecule is SCCCCCCCCCOc1ccc(/C=C/c2ccccc2)cc1. The summed E-state index contributed by atoms with van der Waals surface area (Å²) < 4.78 is 5.83. The van der Waals surface area contributed by atoms with Gasteiger partial charge in [-0.1, -0.05) is 86.7 Å². The van der Waals surface area contributed by atoms with Crippen LogP contribution < -0.4 is 4.74 Å². The van der Waals surface area contributed by atoms with Gasteiger partial charge in [-0.15, -0.1) is 0 Å². The molecule has 0 N–H and O–H groups in total. The first kappa shape index (κ1) is 19.7. The van der Waals surface area contributed by atoms with Gasteiger partial charge in [-0.3, -0.25) is 0 Å². The van der Waals surface area contributed by atoms with Gasteiger partial charge >= 0.3 is 0 Å². The van der Waals surface area contributed by atoms with E-state index >= 15 is 0 Å². The second kappa shape index (κ2) is 12.7. The standard InChI is InChI=1S/C23H30OS/c25-20-10-5-3-1-2-4-9-19-24-23-17-15-22(16-18-23)14-13-21-11-7-6-8-12-21/h6-8,11-18,25H,1-5,9-10,19-20H2/b14-13+. The molecule has 0 aromatic heterocycles. The third kappa shape index (κ3) is 8.83. The van der Waals surface area contributed by atoms with Crippen molar-refractivity contribution in [1.29, 1.82) is 0 Å². The lowest BCUT2D eigenvalue weighted by Gasteiger charge is -2.06. The van der Waals surface area contributed by atoms with Crippen molar-refractivity contribution in [2.24, 2.45) is 0 Å². The van der Waals surface area contributed by atoms with Gasteiger partial charge < -0.3 is 4.74 Å². The first-order valence-electron chi connectivity index (χ1n) is 9.45. The van der Waals surface area contributed by atoms with Crippen LogP contribution in [0, 0.1) is 0 Å². The van der Waals surface area contributed by atoms with Gasteiger partial charge in [-0.05, 0) is 41.9 Å². The van der Waals surface area contributed by atoms with Crippen LogP contribution in [0.15, 0.2) is 54.6 Å². The number of hydrogen-bond acceptors (Lipinski definition) is 2. The van der Waals surface area contributed by atoms with Gasteiger partial charge in [-0.2, -0.15) is 12.6 Å². The maximum absolute atomic E-state index is 5.83. The fourth-order valence-electron chi connectivity index (χ4n) is 2.72. The summed E-state index contributed by atoms with van der Waals surface area (Å²) in [5, 5.41) is 0. The monoisotopic (exact) mass is 354 g/mol. The number of rotatable bonds is 12. The number of hydrogen-bond donors (Lipinski definition) is 1. The first-order chi connectivity index (χ1) is 12.4. The molecule has 0 radical (unpaired) electrons. The molecule has 0 amide bonds. The van der Waals surface area contributed by atoms with Crippen molar-refractivity contribution in [3.8, 4) is 5.75 Å². The van der Waals surface area contributed by atoms with E-state index in [2.05, 4.69) is 73.3 Å². The molecule has 0 aliphatic heterocycles. The molecule has 1 nitrogen and oxygen atoms in total. The summed E-state index contributed by atoms with van der Waals surface area (Å²) in [6.45, 7) is 0.815. The summed E-state index contributed by atoms with van der Waals surface area (Å²) in [5.74, 6) is 1.99. The van der Waals surface area contributed by atoms with Crippen LogP contribution in [0.1, 0.15) is 56.1 Å². The van der Waals surface area contributed by atoms with Gasteiger partial charge in [0.15, 0.2) is 0 Å². The molecule has 0 aliphatic carbocycles. The molecule has 0 bridgehead atoms. The van der Waals surface area contributed by atoms with E-state index in [-0.39, 0.29) is 0 Å².